The molecule has 0 saturated carbocycles. The zero-order valence-electron chi connectivity index (χ0n) is 18.1. The van der Waals surface area contributed by atoms with Gasteiger partial charge in [0, 0.05) is 25.0 Å². The van der Waals surface area contributed by atoms with Crippen LogP contribution in [0.25, 0.3) is 10.8 Å². The van der Waals surface area contributed by atoms with Gasteiger partial charge in [0.25, 0.3) is 0 Å². The van der Waals surface area contributed by atoms with Crippen LogP contribution in [0.15, 0.2) is 60.7 Å². The highest BCUT2D eigenvalue weighted by Crippen LogP contribution is 2.31. The van der Waals surface area contributed by atoms with E-state index in [-0.39, 0.29) is 23.9 Å². The lowest BCUT2D eigenvalue weighted by molar-refractivity contribution is 0.0105. The standard InChI is InChI=1S/C26H30FNO3/c1-18(29-2)16-30-25-14-19(13-21-5-3-4-6-23(21)25)17-31-26-15-28-12-11-24(26)20-7-9-22(27)10-8-20/h3-10,13-14,18,24,26,28H,11-12,15-17H2,1-2H3. The number of methoxy groups -OCH3 is 1. The summed E-state index contributed by atoms with van der Waals surface area (Å²) in [5, 5.41) is 5.63. The van der Waals surface area contributed by atoms with Crippen LogP contribution in [-0.4, -0.2) is 39.0 Å². The summed E-state index contributed by atoms with van der Waals surface area (Å²) in [7, 11) is 1.69. The fraction of sp³-hybridized carbons (Fsp3) is 0.385. The lowest BCUT2D eigenvalue weighted by Crippen LogP contribution is -2.40. The van der Waals surface area contributed by atoms with Gasteiger partial charge in [0.05, 0.1) is 18.8 Å². The Labute approximate surface area is 183 Å². The molecule has 0 aromatic heterocycles. The van der Waals surface area contributed by atoms with E-state index >= 15 is 0 Å². The third-order valence-electron chi connectivity index (χ3n) is 5.95. The molecule has 1 fully saturated rings. The number of halogens is 1. The maximum atomic E-state index is 13.4. The Balaban J connectivity index is 1.51. The summed E-state index contributed by atoms with van der Waals surface area (Å²) in [4.78, 5) is 0. The molecule has 1 aliphatic rings. The number of benzene rings is 3. The molecule has 3 aromatic carbocycles. The Morgan fingerprint density at radius 3 is 2.71 bits per heavy atom. The van der Waals surface area contributed by atoms with Crippen LogP contribution < -0.4 is 10.1 Å². The molecule has 1 aliphatic heterocycles. The van der Waals surface area contributed by atoms with Crippen LogP contribution in [0, 0.1) is 5.82 Å². The van der Waals surface area contributed by atoms with Gasteiger partial charge in [0.2, 0.25) is 0 Å². The Bertz CT molecular complexity index is 992. The largest absolute Gasteiger partial charge is 0.490 e. The van der Waals surface area contributed by atoms with E-state index in [1.54, 1.807) is 7.11 Å². The summed E-state index contributed by atoms with van der Waals surface area (Å²) < 4.78 is 31.1. The molecule has 5 heteroatoms. The van der Waals surface area contributed by atoms with Crippen LogP contribution in [0.3, 0.4) is 0 Å². The van der Waals surface area contributed by atoms with E-state index in [1.165, 1.54) is 12.1 Å². The number of rotatable bonds is 8. The first-order valence-electron chi connectivity index (χ1n) is 10.9. The molecule has 3 unspecified atom stereocenters. The van der Waals surface area contributed by atoms with E-state index in [4.69, 9.17) is 14.2 Å². The normalized spacial score (nSPS) is 20.0. The molecule has 0 amide bonds. The molecule has 0 spiro atoms. The van der Waals surface area contributed by atoms with Crippen molar-refractivity contribution in [3.05, 3.63) is 77.6 Å². The fourth-order valence-corrected chi connectivity index (χ4v) is 4.11. The van der Waals surface area contributed by atoms with Gasteiger partial charge in [-0.3, -0.25) is 0 Å². The third-order valence-corrected chi connectivity index (χ3v) is 5.95. The van der Waals surface area contributed by atoms with E-state index in [1.807, 2.05) is 31.2 Å². The molecule has 0 bridgehead atoms. The van der Waals surface area contributed by atoms with Gasteiger partial charge in [-0.2, -0.15) is 0 Å². The Hall–Kier alpha value is -2.47. The van der Waals surface area contributed by atoms with Gasteiger partial charge in [-0.1, -0.05) is 36.4 Å². The molecule has 4 nitrogen and oxygen atoms in total. The van der Waals surface area contributed by atoms with Crippen LogP contribution in [-0.2, 0) is 16.1 Å². The second kappa shape index (κ2) is 10.2. The number of hydrogen-bond donors (Lipinski definition) is 1. The van der Waals surface area contributed by atoms with Gasteiger partial charge in [-0.15, -0.1) is 0 Å². The lowest BCUT2D eigenvalue weighted by atomic mass is 9.88. The molecule has 3 aromatic rings. The molecule has 164 valence electrons. The summed E-state index contributed by atoms with van der Waals surface area (Å²) in [5.74, 6) is 0.889. The van der Waals surface area contributed by atoms with Crippen molar-refractivity contribution in [2.24, 2.45) is 0 Å². The van der Waals surface area contributed by atoms with Crippen molar-refractivity contribution in [2.45, 2.75) is 38.1 Å². The van der Waals surface area contributed by atoms with Gasteiger partial charge in [-0.25, -0.2) is 4.39 Å². The van der Waals surface area contributed by atoms with Gasteiger partial charge in [-0.05, 0) is 60.7 Å². The fourth-order valence-electron chi connectivity index (χ4n) is 4.11. The number of hydrogen-bond acceptors (Lipinski definition) is 4. The SMILES string of the molecule is COC(C)COc1cc(COC2CNCCC2c2ccc(F)cc2)cc2ccccc12. The van der Waals surface area contributed by atoms with Gasteiger partial charge in [0.15, 0.2) is 0 Å². The first-order chi connectivity index (χ1) is 15.1. The predicted octanol–water partition coefficient (Wildman–Crippen LogP) is 5.05. The molecule has 0 radical (unpaired) electrons. The molecule has 0 aliphatic carbocycles. The topological polar surface area (TPSA) is 39.7 Å². The smallest absolute Gasteiger partial charge is 0.127 e. The van der Waals surface area contributed by atoms with Crippen molar-refractivity contribution in [3.8, 4) is 5.75 Å². The Morgan fingerprint density at radius 2 is 1.90 bits per heavy atom. The van der Waals surface area contributed by atoms with Crippen LogP contribution in [0.2, 0.25) is 0 Å². The average Bonchev–Trinajstić information content (AvgIpc) is 2.81. The highest BCUT2D eigenvalue weighted by Gasteiger charge is 2.27. The van der Waals surface area contributed by atoms with Crippen LogP contribution >= 0.6 is 0 Å². The zero-order chi connectivity index (χ0) is 21.6. The molecule has 31 heavy (non-hydrogen) atoms. The minimum Gasteiger partial charge on any atom is -0.490 e. The Morgan fingerprint density at radius 1 is 1.10 bits per heavy atom. The van der Waals surface area contributed by atoms with Crippen molar-refractivity contribution in [2.75, 3.05) is 26.8 Å². The van der Waals surface area contributed by atoms with Crippen LogP contribution in [0.5, 0.6) is 5.75 Å². The molecule has 1 heterocycles. The van der Waals surface area contributed by atoms with Crippen molar-refractivity contribution in [1.29, 1.82) is 0 Å². The molecular weight excluding hydrogens is 393 g/mol. The first-order valence-corrected chi connectivity index (χ1v) is 10.9. The second-order valence-electron chi connectivity index (χ2n) is 8.17. The maximum absolute atomic E-state index is 13.4. The van der Waals surface area contributed by atoms with Crippen molar-refractivity contribution in [1.82, 2.24) is 5.32 Å². The van der Waals surface area contributed by atoms with E-state index in [0.717, 1.165) is 47.2 Å². The summed E-state index contributed by atoms with van der Waals surface area (Å²) >= 11 is 0. The molecular formula is C26H30FNO3. The zero-order valence-corrected chi connectivity index (χ0v) is 18.1. The van der Waals surface area contributed by atoms with E-state index in [9.17, 15) is 4.39 Å². The van der Waals surface area contributed by atoms with Crippen molar-refractivity contribution >= 4 is 10.8 Å². The van der Waals surface area contributed by atoms with Gasteiger partial charge in [0.1, 0.15) is 18.2 Å². The van der Waals surface area contributed by atoms with Crippen molar-refractivity contribution < 1.29 is 18.6 Å². The lowest BCUT2D eigenvalue weighted by Gasteiger charge is -2.32. The maximum Gasteiger partial charge on any atom is 0.127 e. The van der Waals surface area contributed by atoms with Gasteiger partial charge < -0.3 is 19.5 Å². The molecule has 4 rings (SSSR count). The van der Waals surface area contributed by atoms with E-state index < -0.39 is 0 Å². The number of fused-ring (bicyclic) bond motifs is 1. The Kier molecular flexibility index (Phi) is 7.17. The monoisotopic (exact) mass is 423 g/mol. The summed E-state index contributed by atoms with van der Waals surface area (Å²) in [6.45, 7) is 4.69. The summed E-state index contributed by atoms with van der Waals surface area (Å²) in [5.41, 5.74) is 2.20. The van der Waals surface area contributed by atoms with Gasteiger partial charge >= 0.3 is 0 Å². The average molecular weight is 424 g/mol. The van der Waals surface area contributed by atoms with Crippen LogP contribution in [0.4, 0.5) is 4.39 Å². The highest BCUT2D eigenvalue weighted by molar-refractivity contribution is 5.89. The quantitative estimate of drug-likeness (QED) is 0.550. The number of ether oxygens (including phenoxy) is 3. The molecule has 1 saturated heterocycles. The second-order valence-corrected chi connectivity index (χ2v) is 8.17. The minimum absolute atomic E-state index is 0.0171. The molecule has 1 N–H and O–H groups in total. The summed E-state index contributed by atoms with van der Waals surface area (Å²) in [6, 6.07) is 19.2. The highest BCUT2D eigenvalue weighted by atomic mass is 19.1. The predicted molar refractivity (Wildman–Crippen MR) is 121 cm³/mol. The number of piperidine rings is 1. The van der Waals surface area contributed by atoms with Crippen LogP contribution in [0.1, 0.15) is 30.4 Å². The molecule has 3 atom stereocenters. The van der Waals surface area contributed by atoms with Crippen molar-refractivity contribution in [3.63, 3.8) is 0 Å². The first kappa shape index (κ1) is 21.8. The number of nitrogens with one attached hydrogen (secondary N) is 1. The third kappa shape index (κ3) is 5.42. The minimum atomic E-state index is -0.207. The van der Waals surface area contributed by atoms with E-state index in [2.05, 4.69) is 29.6 Å². The summed E-state index contributed by atoms with van der Waals surface area (Å²) in [6.07, 6.45) is 1.02. The van der Waals surface area contributed by atoms with E-state index in [0.29, 0.717) is 13.2 Å².